The largest absolute Gasteiger partial charge is 0.411 e. The fourth-order valence-corrected chi connectivity index (χ4v) is 1.26. The SMILES string of the molecule is CC(C)(C)C1=C(OC(N)=O)NC=CC=C1. The molecule has 1 aliphatic rings. The normalized spacial score (nSPS) is 15.9. The second kappa shape index (κ2) is 4.21. The van der Waals surface area contributed by atoms with Crippen LogP contribution in [0.2, 0.25) is 0 Å². The Hall–Kier alpha value is -1.71. The molecule has 0 saturated heterocycles. The van der Waals surface area contributed by atoms with Crippen LogP contribution in [-0.4, -0.2) is 6.09 Å². The van der Waals surface area contributed by atoms with E-state index in [1.165, 1.54) is 0 Å². The number of carbonyl (C=O) groups excluding carboxylic acids is 1. The topological polar surface area (TPSA) is 64.3 Å². The second-order valence-corrected chi connectivity index (χ2v) is 4.28. The summed E-state index contributed by atoms with van der Waals surface area (Å²) in [6, 6.07) is 0. The first-order chi connectivity index (χ1) is 6.91. The molecule has 0 fully saturated rings. The van der Waals surface area contributed by atoms with Crippen LogP contribution in [0.25, 0.3) is 0 Å². The molecule has 0 bridgehead atoms. The van der Waals surface area contributed by atoms with Crippen LogP contribution in [0.15, 0.2) is 35.9 Å². The van der Waals surface area contributed by atoms with Crippen LogP contribution in [0.5, 0.6) is 0 Å². The van der Waals surface area contributed by atoms with Crippen molar-refractivity contribution in [3.63, 3.8) is 0 Å². The average Bonchev–Trinajstić information content (AvgIpc) is 2.27. The zero-order valence-electron chi connectivity index (χ0n) is 9.20. The molecule has 4 nitrogen and oxygen atoms in total. The summed E-state index contributed by atoms with van der Waals surface area (Å²) in [5.41, 5.74) is 5.77. The van der Waals surface area contributed by atoms with Gasteiger partial charge in [0.2, 0.25) is 5.88 Å². The highest BCUT2D eigenvalue weighted by Crippen LogP contribution is 2.29. The van der Waals surface area contributed by atoms with E-state index in [2.05, 4.69) is 5.32 Å². The Morgan fingerprint density at radius 1 is 1.40 bits per heavy atom. The molecule has 4 heteroatoms. The first kappa shape index (κ1) is 11.4. The molecule has 1 amide bonds. The zero-order chi connectivity index (χ0) is 11.5. The van der Waals surface area contributed by atoms with Crippen molar-refractivity contribution in [1.29, 1.82) is 0 Å². The molecule has 1 aliphatic heterocycles. The number of nitrogens with two attached hydrogens (primary N) is 1. The predicted octanol–water partition coefficient (Wildman–Crippen LogP) is 2.01. The minimum absolute atomic E-state index is 0.125. The van der Waals surface area contributed by atoms with Gasteiger partial charge in [-0.15, -0.1) is 0 Å². The van der Waals surface area contributed by atoms with E-state index >= 15 is 0 Å². The number of carbonyl (C=O) groups is 1. The molecule has 0 aromatic carbocycles. The van der Waals surface area contributed by atoms with Gasteiger partial charge in [-0.25, -0.2) is 4.79 Å². The third-order valence-corrected chi connectivity index (χ3v) is 1.94. The van der Waals surface area contributed by atoms with Crippen molar-refractivity contribution in [3.8, 4) is 0 Å². The van der Waals surface area contributed by atoms with E-state index in [1.807, 2.05) is 39.0 Å². The summed E-state index contributed by atoms with van der Waals surface area (Å²) in [4.78, 5) is 10.7. The lowest BCUT2D eigenvalue weighted by molar-refractivity contribution is 0.179. The zero-order valence-corrected chi connectivity index (χ0v) is 9.20. The van der Waals surface area contributed by atoms with Crippen LogP contribution >= 0.6 is 0 Å². The van der Waals surface area contributed by atoms with Crippen molar-refractivity contribution in [1.82, 2.24) is 5.32 Å². The molecule has 82 valence electrons. The molecule has 0 radical (unpaired) electrons. The number of allylic oxidation sites excluding steroid dienone is 4. The highest BCUT2D eigenvalue weighted by Gasteiger charge is 2.21. The number of hydrogen-bond acceptors (Lipinski definition) is 3. The van der Waals surface area contributed by atoms with Crippen LogP contribution in [0, 0.1) is 5.41 Å². The first-order valence-corrected chi connectivity index (χ1v) is 4.73. The molecule has 0 aromatic rings. The molecule has 0 spiro atoms. The number of amides is 1. The monoisotopic (exact) mass is 208 g/mol. The van der Waals surface area contributed by atoms with Gasteiger partial charge in [-0.3, -0.25) is 0 Å². The minimum atomic E-state index is -0.817. The van der Waals surface area contributed by atoms with E-state index in [4.69, 9.17) is 10.5 Å². The molecule has 1 rings (SSSR count). The van der Waals surface area contributed by atoms with Gasteiger partial charge < -0.3 is 15.8 Å². The third-order valence-electron chi connectivity index (χ3n) is 1.94. The maximum Gasteiger partial charge on any atom is 0.411 e. The van der Waals surface area contributed by atoms with Crippen molar-refractivity contribution in [2.75, 3.05) is 0 Å². The van der Waals surface area contributed by atoms with Crippen LogP contribution in [-0.2, 0) is 4.74 Å². The lowest BCUT2D eigenvalue weighted by Crippen LogP contribution is -2.23. The lowest BCUT2D eigenvalue weighted by atomic mass is 9.86. The Labute approximate surface area is 89.5 Å². The number of nitrogens with one attached hydrogen (secondary N) is 1. The lowest BCUT2D eigenvalue weighted by Gasteiger charge is -2.22. The fraction of sp³-hybridized carbons (Fsp3) is 0.364. The second-order valence-electron chi connectivity index (χ2n) is 4.28. The van der Waals surface area contributed by atoms with Gasteiger partial charge >= 0.3 is 6.09 Å². The first-order valence-electron chi connectivity index (χ1n) is 4.73. The third kappa shape index (κ3) is 3.16. The van der Waals surface area contributed by atoms with Gasteiger partial charge in [-0.05, 0) is 11.5 Å². The fourth-order valence-electron chi connectivity index (χ4n) is 1.26. The Balaban J connectivity index is 3.08. The number of rotatable bonds is 1. The average molecular weight is 208 g/mol. The van der Waals surface area contributed by atoms with Crippen molar-refractivity contribution >= 4 is 6.09 Å². The van der Waals surface area contributed by atoms with E-state index in [0.29, 0.717) is 5.88 Å². The Bertz CT molecular complexity index is 346. The van der Waals surface area contributed by atoms with Gasteiger partial charge in [0.05, 0.1) is 0 Å². The maximum absolute atomic E-state index is 10.7. The molecule has 0 atom stereocenters. The minimum Gasteiger partial charge on any atom is -0.393 e. The van der Waals surface area contributed by atoms with Gasteiger partial charge in [0, 0.05) is 11.8 Å². The molecule has 1 heterocycles. The van der Waals surface area contributed by atoms with Gasteiger partial charge in [-0.2, -0.15) is 0 Å². The van der Waals surface area contributed by atoms with Crippen LogP contribution in [0.4, 0.5) is 4.79 Å². The van der Waals surface area contributed by atoms with Crippen molar-refractivity contribution in [2.24, 2.45) is 11.1 Å². The molecule has 15 heavy (non-hydrogen) atoms. The Morgan fingerprint density at radius 3 is 2.60 bits per heavy atom. The molecule has 3 N–H and O–H groups in total. The standard InChI is InChI=1S/C11H16N2O2/c1-11(2,3)8-6-4-5-7-13-9(8)15-10(12)14/h4-7,13H,1-3H3,(H2,12,14). The predicted molar refractivity (Wildman–Crippen MR) is 58.6 cm³/mol. The van der Waals surface area contributed by atoms with E-state index in [-0.39, 0.29) is 5.41 Å². The summed E-state index contributed by atoms with van der Waals surface area (Å²) in [5.74, 6) is 0.389. The van der Waals surface area contributed by atoms with E-state index in [9.17, 15) is 4.79 Å². The van der Waals surface area contributed by atoms with Crippen molar-refractivity contribution in [3.05, 3.63) is 35.9 Å². The summed E-state index contributed by atoms with van der Waals surface area (Å²) in [6.45, 7) is 6.10. The van der Waals surface area contributed by atoms with Crippen LogP contribution < -0.4 is 11.1 Å². The summed E-state index contributed by atoms with van der Waals surface area (Å²) in [5, 5.41) is 2.88. The Kier molecular flexibility index (Phi) is 3.19. The molecule has 0 saturated carbocycles. The summed E-state index contributed by atoms with van der Waals surface area (Å²) in [7, 11) is 0. The smallest absolute Gasteiger partial charge is 0.393 e. The molecule has 0 aliphatic carbocycles. The van der Waals surface area contributed by atoms with E-state index in [0.717, 1.165) is 5.57 Å². The molecular weight excluding hydrogens is 192 g/mol. The van der Waals surface area contributed by atoms with Gasteiger partial charge in [0.1, 0.15) is 0 Å². The van der Waals surface area contributed by atoms with E-state index < -0.39 is 6.09 Å². The molecule has 0 unspecified atom stereocenters. The molecule has 0 aromatic heterocycles. The highest BCUT2D eigenvalue weighted by atomic mass is 16.6. The van der Waals surface area contributed by atoms with Gasteiger partial charge in [-0.1, -0.05) is 32.9 Å². The van der Waals surface area contributed by atoms with Crippen molar-refractivity contribution < 1.29 is 9.53 Å². The number of hydrogen-bond donors (Lipinski definition) is 2. The number of primary amides is 1. The quantitative estimate of drug-likeness (QED) is 0.692. The van der Waals surface area contributed by atoms with Crippen LogP contribution in [0.1, 0.15) is 20.8 Å². The molecular formula is C11H16N2O2. The maximum atomic E-state index is 10.7. The van der Waals surface area contributed by atoms with Crippen LogP contribution in [0.3, 0.4) is 0 Å². The number of ether oxygens (including phenoxy) is 1. The van der Waals surface area contributed by atoms with Crippen molar-refractivity contribution in [2.45, 2.75) is 20.8 Å². The van der Waals surface area contributed by atoms with E-state index in [1.54, 1.807) is 6.20 Å². The Morgan fingerprint density at radius 2 is 2.07 bits per heavy atom. The summed E-state index contributed by atoms with van der Waals surface area (Å²) >= 11 is 0. The van der Waals surface area contributed by atoms with Gasteiger partial charge in [0.15, 0.2) is 0 Å². The summed E-state index contributed by atoms with van der Waals surface area (Å²) < 4.78 is 4.92. The highest BCUT2D eigenvalue weighted by molar-refractivity contribution is 5.66. The van der Waals surface area contributed by atoms with Gasteiger partial charge in [0.25, 0.3) is 0 Å². The summed E-state index contributed by atoms with van der Waals surface area (Å²) in [6.07, 6.45) is 6.47.